The van der Waals surface area contributed by atoms with Crippen molar-refractivity contribution in [3.05, 3.63) is 75.0 Å². The zero-order valence-electron chi connectivity index (χ0n) is 15.6. The smallest absolute Gasteiger partial charge is 0.294 e. The van der Waals surface area contributed by atoms with Gasteiger partial charge in [-0.2, -0.15) is 0 Å². The lowest BCUT2D eigenvalue weighted by Crippen LogP contribution is -2.36. The molecule has 3 rings (SSSR count). The van der Waals surface area contributed by atoms with Crippen molar-refractivity contribution in [3.63, 3.8) is 0 Å². The molecular weight excluding hydrogens is 522 g/mol. The molecule has 3 amide bonds. The van der Waals surface area contributed by atoms with E-state index < -0.39 is 29.4 Å². The van der Waals surface area contributed by atoms with Crippen LogP contribution in [0.1, 0.15) is 5.56 Å². The molecule has 1 fully saturated rings. The summed E-state index contributed by atoms with van der Waals surface area (Å²) in [6.45, 7) is 3.48. The number of halogens is 2. The third-order valence-corrected chi connectivity index (χ3v) is 5.68. The quantitative estimate of drug-likeness (QED) is 0.315. The normalized spacial score (nSPS) is 14.9. The molecule has 0 saturated carbocycles. The van der Waals surface area contributed by atoms with Gasteiger partial charge in [0.25, 0.3) is 11.1 Å². The Morgan fingerprint density at radius 1 is 1.27 bits per heavy atom. The van der Waals surface area contributed by atoms with Crippen molar-refractivity contribution in [2.24, 2.45) is 0 Å². The van der Waals surface area contributed by atoms with Crippen LogP contribution in [0, 0.1) is 9.39 Å². The molecule has 1 heterocycles. The van der Waals surface area contributed by atoms with Gasteiger partial charge in [-0.15, -0.1) is 0 Å². The fourth-order valence-corrected chi connectivity index (χ4v) is 4.09. The lowest BCUT2D eigenvalue weighted by molar-refractivity contribution is -0.127. The van der Waals surface area contributed by atoms with Crippen molar-refractivity contribution < 1.29 is 23.5 Å². The number of ether oxygens (including phenoxy) is 1. The summed E-state index contributed by atoms with van der Waals surface area (Å²) < 4.78 is 20.0. The first-order valence-electron chi connectivity index (χ1n) is 8.72. The van der Waals surface area contributed by atoms with Gasteiger partial charge in [0.2, 0.25) is 5.91 Å². The Morgan fingerprint density at radius 3 is 2.73 bits per heavy atom. The number of nitrogens with one attached hydrogen (secondary N) is 1. The summed E-state index contributed by atoms with van der Waals surface area (Å²) in [5, 5.41) is 1.80. The molecule has 1 aliphatic heterocycles. The van der Waals surface area contributed by atoms with E-state index in [2.05, 4.69) is 34.5 Å². The molecule has 0 unspecified atom stereocenters. The van der Waals surface area contributed by atoms with Crippen molar-refractivity contribution in [2.75, 3.05) is 18.5 Å². The van der Waals surface area contributed by atoms with Crippen LogP contribution in [-0.2, 0) is 9.59 Å². The predicted molar refractivity (Wildman–Crippen MR) is 123 cm³/mol. The third kappa shape index (κ3) is 5.28. The molecule has 0 radical (unpaired) electrons. The summed E-state index contributed by atoms with van der Waals surface area (Å²) in [6, 6.07) is 11.0. The maximum Gasteiger partial charge on any atom is 0.294 e. The molecule has 1 saturated heterocycles. The van der Waals surface area contributed by atoms with Crippen molar-refractivity contribution in [2.45, 2.75) is 0 Å². The number of imide groups is 1. The number of hydrogen-bond donors (Lipinski definition) is 1. The van der Waals surface area contributed by atoms with Gasteiger partial charge in [-0.3, -0.25) is 19.3 Å². The zero-order chi connectivity index (χ0) is 21.7. The number of nitrogens with zero attached hydrogens (tertiary/aromatic N) is 1. The first-order chi connectivity index (χ1) is 14.4. The number of hydrogen-bond acceptors (Lipinski definition) is 5. The zero-order valence-corrected chi connectivity index (χ0v) is 18.5. The molecule has 0 atom stereocenters. The minimum Gasteiger partial charge on any atom is -0.488 e. The topological polar surface area (TPSA) is 75.7 Å². The Kier molecular flexibility index (Phi) is 7.27. The van der Waals surface area contributed by atoms with Gasteiger partial charge in [0.05, 0.1) is 14.2 Å². The highest BCUT2D eigenvalue weighted by atomic mass is 127. The average molecular weight is 538 g/mol. The molecule has 9 heteroatoms. The average Bonchev–Trinajstić information content (AvgIpc) is 2.96. The molecule has 30 heavy (non-hydrogen) atoms. The number of thioether (sulfide) groups is 1. The van der Waals surface area contributed by atoms with Crippen LogP contribution < -0.4 is 10.1 Å². The van der Waals surface area contributed by atoms with Gasteiger partial charge in [0.1, 0.15) is 24.7 Å². The van der Waals surface area contributed by atoms with Gasteiger partial charge in [-0.1, -0.05) is 30.9 Å². The molecule has 0 spiro atoms. The fraction of sp³-hybridized carbons (Fsp3) is 0.0952. The summed E-state index contributed by atoms with van der Waals surface area (Å²) in [7, 11) is 0. The number of amides is 3. The minimum absolute atomic E-state index is 0.0154. The van der Waals surface area contributed by atoms with Crippen LogP contribution in [0.4, 0.5) is 14.9 Å². The second-order valence-corrected chi connectivity index (χ2v) is 8.24. The fourth-order valence-electron chi connectivity index (χ4n) is 2.56. The van der Waals surface area contributed by atoms with E-state index in [9.17, 15) is 18.8 Å². The number of carbonyl (C=O) groups is 3. The van der Waals surface area contributed by atoms with E-state index in [0.717, 1.165) is 20.2 Å². The number of benzene rings is 2. The Balaban J connectivity index is 1.69. The van der Waals surface area contributed by atoms with E-state index in [1.165, 1.54) is 18.2 Å². The van der Waals surface area contributed by atoms with Gasteiger partial charge in [-0.05, 0) is 70.3 Å². The first kappa shape index (κ1) is 22.0. The highest BCUT2D eigenvalue weighted by Gasteiger charge is 2.36. The molecule has 1 N–H and O–H groups in total. The van der Waals surface area contributed by atoms with Crippen LogP contribution in [0.2, 0.25) is 0 Å². The SMILES string of the molecule is C=CCOc1ccc(/C=C2\SC(=O)N(CC(=O)Nc3ccccc3F)C2=O)cc1I. The van der Waals surface area contributed by atoms with Gasteiger partial charge >= 0.3 is 0 Å². The third-order valence-electron chi connectivity index (χ3n) is 3.93. The number of anilines is 1. The second-order valence-electron chi connectivity index (χ2n) is 6.09. The number of carbonyl (C=O) groups excluding carboxylic acids is 3. The molecule has 1 aliphatic rings. The monoisotopic (exact) mass is 538 g/mol. The molecule has 2 aromatic rings. The van der Waals surface area contributed by atoms with Gasteiger partial charge in [0.15, 0.2) is 0 Å². The number of rotatable bonds is 7. The molecule has 6 nitrogen and oxygen atoms in total. The van der Waals surface area contributed by atoms with E-state index in [0.29, 0.717) is 17.9 Å². The van der Waals surface area contributed by atoms with E-state index in [4.69, 9.17) is 4.74 Å². The maximum absolute atomic E-state index is 13.7. The second kappa shape index (κ2) is 9.90. The first-order valence-corrected chi connectivity index (χ1v) is 10.6. The van der Waals surface area contributed by atoms with E-state index in [1.54, 1.807) is 30.4 Å². The summed E-state index contributed by atoms with van der Waals surface area (Å²) in [6.07, 6.45) is 3.22. The van der Waals surface area contributed by atoms with Crippen molar-refractivity contribution in [3.8, 4) is 5.75 Å². The van der Waals surface area contributed by atoms with Crippen LogP contribution in [0.25, 0.3) is 6.08 Å². The highest BCUT2D eigenvalue weighted by molar-refractivity contribution is 14.1. The van der Waals surface area contributed by atoms with E-state index in [1.807, 2.05) is 6.07 Å². The van der Waals surface area contributed by atoms with Gasteiger partial charge in [0, 0.05) is 0 Å². The molecular formula is C21H16FIN2O4S. The number of para-hydroxylation sites is 1. The Bertz CT molecular complexity index is 1060. The van der Waals surface area contributed by atoms with Crippen LogP contribution >= 0.6 is 34.4 Å². The van der Waals surface area contributed by atoms with Crippen molar-refractivity contribution in [1.29, 1.82) is 0 Å². The van der Waals surface area contributed by atoms with Crippen LogP contribution in [0.3, 0.4) is 0 Å². The van der Waals surface area contributed by atoms with Crippen molar-refractivity contribution in [1.82, 2.24) is 4.90 Å². The van der Waals surface area contributed by atoms with Crippen LogP contribution in [0.5, 0.6) is 5.75 Å². The summed E-state index contributed by atoms with van der Waals surface area (Å²) in [5.41, 5.74) is 0.699. The molecule has 0 bridgehead atoms. The van der Waals surface area contributed by atoms with E-state index in [-0.39, 0.29) is 10.6 Å². The Hall–Kier alpha value is -2.66. The highest BCUT2D eigenvalue weighted by Crippen LogP contribution is 2.33. The summed E-state index contributed by atoms with van der Waals surface area (Å²) in [4.78, 5) is 38.0. The molecule has 0 aromatic heterocycles. The van der Waals surface area contributed by atoms with Gasteiger partial charge in [-0.25, -0.2) is 4.39 Å². The van der Waals surface area contributed by atoms with Crippen LogP contribution in [-0.4, -0.2) is 35.1 Å². The minimum atomic E-state index is -0.665. The Labute approximate surface area is 190 Å². The van der Waals surface area contributed by atoms with E-state index >= 15 is 0 Å². The standard InChI is InChI=1S/C21H16FIN2O4S/c1-2-9-29-17-8-7-13(10-15(17)23)11-18-20(27)25(21(28)30-18)12-19(26)24-16-6-4-3-5-14(16)22/h2-8,10-11H,1,9,12H2,(H,24,26)/b18-11-. The van der Waals surface area contributed by atoms with Crippen molar-refractivity contribution >= 4 is 63.2 Å². The van der Waals surface area contributed by atoms with Gasteiger partial charge < -0.3 is 10.1 Å². The molecule has 0 aliphatic carbocycles. The molecule has 154 valence electrons. The molecule has 2 aromatic carbocycles. The lowest BCUT2D eigenvalue weighted by atomic mass is 10.2. The maximum atomic E-state index is 13.7. The largest absolute Gasteiger partial charge is 0.488 e. The lowest BCUT2D eigenvalue weighted by Gasteiger charge is -2.12. The predicted octanol–water partition coefficient (Wildman–Crippen LogP) is 4.67. The van der Waals surface area contributed by atoms with Crippen LogP contribution in [0.15, 0.2) is 60.0 Å². The Morgan fingerprint density at radius 2 is 2.03 bits per heavy atom. The summed E-state index contributed by atoms with van der Waals surface area (Å²) in [5.74, 6) is -1.15. The summed E-state index contributed by atoms with van der Waals surface area (Å²) >= 11 is 2.86.